The highest BCUT2D eigenvalue weighted by Gasteiger charge is 1.96. The average molecular weight is 143 g/mol. The Balaban J connectivity index is 3.19. The summed E-state index contributed by atoms with van der Waals surface area (Å²) >= 11 is 0. The predicted molar refractivity (Wildman–Crippen MR) is 39.4 cm³/mol. The Morgan fingerprint density at radius 1 is 1.90 bits per heavy atom. The average Bonchev–Trinajstić information content (AvgIpc) is 1.87. The summed E-state index contributed by atoms with van der Waals surface area (Å²) in [5.74, 6) is -0.388. The lowest BCUT2D eigenvalue weighted by Gasteiger charge is -2.03. The van der Waals surface area contributed by atoms with Gasteiger partial charge in [0.2, 0.25) is 0 Å². The molecule has 10 heavy (non-hydrogen) atoms. The second kappa shape index (κ2) is 4.99. The summed E-state index contributed by atoms with van der Waals surface area (Å²) in [7, 11) is 0. The highest BCUT2D eigenvalue weighted by atomic mass is 16.5. The molecule has 0 aromatic heterocycles. The zero-order valence-corrected chi connectivity index (χ0v) is 6.17. The molecule has 0 aliphatic heterocycles. The number of esters is 1. The lowest BCUT2D eigenvalue weighted by molar-refractivity contribution is -0.137. The first-order valence-corrected chi connectivity index (χ1v) is 3.21. The van der Waals surface area contributed by atoms with Gasteiger partial charge in [-0.1, -0.05) is 6.58 Å². The van der Waals surface area contributed by atoms with Crippen molar-refractivity contribution in [3.05, 3.63) is 12.7 Å². The van der Waals surface area contributed by atoms with E-state index in [1.807, 2.05) is 6.92 Å². The van der Waals surface area contributed by atoms with E-state index in [2.05, 4.69) is 11.3 Å². The van der Waals surface area contributed by atoms with Crippen LogP contribution < -0.4 is 5.73 Å². The topological polar surface area (TPSA) is 52.3 Å². The van der Waals surface area contributed by atoms with Crippen LogP contribution in [-0.4, -0.2) is 18.6 Å². The summed E-state index contributed by atoms with van der Waals surface area (Å²) in [5, 5.41) is 0. The molecule has 0 aromatic rings. The first-order valence-electron chi connectivity index (χ1n) is 3.21. The van der Waals surface area contributed by atoms with E-state index in [1.54, 1.807) is 0 Å². The molecule has 0 rings (SSSR count). The van der Waals surface area contributed by atoms with Gasteiger partial charge in [0.15, 0.2) is 0 Å². The van der Waals surface area contributed by atoms with Gasteiger partial charge in [-0.3, -0.25) is 0 Å². The van der Waals surface area contributed by atoms with Gasteiger partial charge in [0.25, 0.3) is 0 Å². The first-order chi connectivity index (χ1) is 4.66. The zero-order chi connectivity index (χ0) is 7.98. The fourth-order valence-corrected chi connectivity index (χ4v) is 0.404. The van der Waals surface area contributed by atoms with Crippen molar-refractivity contribution >= 4 is 5.97 Å². The summed E-state index contributed by atoms with van der Waals surface area (Å²) in [6.07, 6.45) is 1.83. The summed E-state index contributed by atoms with van der Waals surface area (Å²) < 4.78 is 4.66. The van der Waals surface area contributed by atoms with Crippen molar-refractivity contribution in [2.24, 2.45) is 5.73 Å². The van der Waals surface area contributed by atoms with Crippen LogP contribution in [0.5, 0.6) is 0 Å². The Kier molecular flexibility index (Phi) is 4.58. The maximum absolute atomic E-state index is 10.4. The minimum Gasteiger partial charge on any atom is -0.462 e. The van der Waals surface area contributed by atoms with Gasteiger partial charge in [0, 0.05) is 12.1 Å². The molecule has 3 nitrogen and oxygen atoms in total. The molecule has 3 heteroatoms. The Bertz CT molecular complexity index is 121. The lowest BCUT2D eigenvalue weighted by atomic mass is 10.3. The summed E-state index contributed by atoms with van der Waals surface area (Å²) in [6, 6.07) is 0.0811. The van der Waals surface area contributed by atoms with Gasteiger partial charge in [-0.25, -0.2) is 4.79 Å². The maximum Gasteiger partial charge on any atom is 0.330 e. The van der Waals surface area contributed by atoms with Crippen molar-refractivity contribution in [2.75, 3.05) is 6.61 Å². The van der Waals surface area contributed by atoms with Gasteiger partial charge in [-0.05, 0) is 13.3 Å². The van der Waals surface area contributed by atoms with Gasteiger partial charge >= 0.3 is 5.97 Å². The number of carbonyl (C=O) groups is 1. The van der Waals surface area contributed by atoms with Crippen molar-refractivity contribution in [2.45, 2.75) is 19.4 Å². The molecule has 0 fully saturated rings. The monoisotopic (exact) mass is 143 g/mol. The summed E-state index contributed by atoms with van der Waals surface area (Å²) in [5.41, 5.74) is 5.40. The lowest BCUT2D eigenvalue weighted by Crippen LogP contribution is -2.18. The molecule has 0 aliphatic carbocycles. The van der Waals surface area contributed by atoms with E-state index < -0.39 is 0 Å². The molecule has 0 radical (unpaired) electrons. The molecule has 2 N–H and O–H groups in total. The summed E-state index contributed by atoms with van der Waals surface area (Å²) in [4.78, 5) is 10.4. The van der Waals surface area contributed by atoms with E-state index >= 15 is 0 Å². The van der Waals surface area contributed by atoms with Crippen LogP contribution in [-0.2, 0) is 9.53 Å². The summed E-state index contributed by atoms with van der Waals surface area (Å²) in [6.45, 7) is 5.49. The van der Waals surface area contributed by atoms with Gasteiger partial charge in [-0.2, -0.15) is 0 Å². The quantitative estimate of drug-likeness (QED) is 0.459. The van der Waals surface area contributed by atoms with Crippen molar-refractivity contribution in [3.63, 3.8) is 0 Å². The molecule has 1 unspecified atom stereocenters. The molecule has 0 spiro atoms. The van der Waals surface area contributed by atoms with E-state index in [1.165, 1.54) is 0 Å². The largest absolute Gasteiger partial charge is 0.462 e. The van der Waals surface area contributed by atoms with E-state index in [4.69, 9.17) is 5.73 Å². The van der Waals surface area contributed by atoms with Gasteiger partial charge in [0.1, 0.15) is 0 Å². The number of rotatable bonds is 4. The second-order valence-corrected chi connectivity index (χ2v) is 2.14. The van der Waals surface area contributed by atoms with Crippen LogP contribution in [0, 0.1) is 0 Å². The zero-order valence-electron chi connectivity index (χ0n) is 6.17. The molecule has 0 amide bonds. The smallest absolute Gasteiger partial charge is 0.330 e. The fourth-order valence-electron chi connectivity index (χ4n) is 0.404. The van der Waals surface area contributed by atoms with E-state index in [0.29, 0.717) is 13.0 Å². The Morgan fingerprint density at radius 3 is 2.90 bits per heavy atom. The molecular weight excluding hydrogens is 130 g/mol. The molecular formula is C7H13NO2. The Morgan fingerprint density at radius 2 is 2.50 bits per heavy atom. The van der Waals surface area contributed by atoms with Gasteiger partial charge in [0.05, 0.1) is 6.61 Å². The minimum absolute atomic E-state index is 0.0811. The SMILES string of the molecule is C=CC(=O)OCCC(C)N. The molecule has 0 heterocycles. The standard InChI is InChI=1S/C7H13NO2/c1-3-7(9)10-5-4-6(2)8/h3,6H,1,4-5,8H2,2H3. The molecule has 0 saturated heterocycles. The number of nitrogens with two attached hydrogens (primary N) is 1. The minimum atomic E-state index is -0.388. The van der Waals surface area contributed by atoms with E-state index in [0.717, 1.165) is 6.08 Å². The fraction of sp³-hybridized carbons (Fsp3) is 0.571. The number of carbonyl (C=O) groups excluding carboxylic acids is 1. The normalized spacial score (nSPS) is 12.2. The van der Waals surface area contributed by atoms with Crippen molar-refractivity contribution in [1.29, 1.82) is 0 Å². The second-order valence-electron chi connectivity index (χ2n) is 2.14. The molecule has 58 valence electrons. The first kappa shape index (κ1) is 9.17. The molecule has 1 atom stereocenters. The van der Waals surface area contributed by atoms with Crippen LogP contribution in [0.1, 0.15) is 13.3 Å². The number of hydrogen-bond acceptors (Lipinski definition) is 3. The predicted octanol–water partition coefficient (Wildman–Crippen LogP) is 0.453. The third-order valence-corrected chi connectivity index (χ3v) is 0.984. The molecule has 0 aliphatic rings. The van der Waals surface area contributed by atoms with Crippen LogP contribution >= 0.6 is 0 Å². The number of ether oxygens (including phenoxy) is 1. The molecule has 0 bridgehead atoms. The van der Waals surface area contributed by atoms with Crippen LogP contribution in [0.15, 0.2) is 12.7 Å². The Labute approximate surface area is 60.9 Å². The highest BCUT2D eigenvalue weighted by molar-refractivity contribution is 5.81. The van der Waals surface area contributed by atoms with Gasteiger partial charge < -0.3 is 10.5 Å². The van der Waals surface area contributed by atoms with Crippen LogP contribution in [0.3, 0.4) is 0 Å². The van der Waals surface area contributed by atoms with E-state index in [-0.39, 0.29) is 12.0 Å². The molecule has 0 saturated carbocycles. The highest BCUT2D eigenvalue weighted by Crippen LogP contribution is 1.88. The van der Waals surface area contributed by atoms with Crippen molar-refractivity contribution in [3.8, 4) is 0 Å². The van der Waals surface area contributed by atoms with Crippen LogP contribution in [0.2, 0.25) is 0 Å². The van der Waals surface area contributed by atoms with Crippen LogP contribution in [0.4, 0.5) is 0 Å². The van der Waals surface area contributed by atoms with Crippen molar-refractivity contribution in [1.82, 2.24) is 0 Å². The van der Waals surface area contributed by atoms with E-state index in [9.17, 15) is 4.79 Å². The maximum atomic E-state index is 10.4. The van der Waals surface area contributed by atoms with Crippen LogP contribution in [0.25, 0.3) is 0 Å². The van der Waals surface area contributed by atoms with Crippen molar-refractivity contribution < 1.29 is 9.53 Å². The third-order valence-electron chi connectivity index (χ3n) is 0.984. The Hall–Kier alpha value is -0.830. The van der Waals surface area contributed by atoms with Gasteiger partial charge in [-0.15, -0.1) is 0 Å². The third kappa shape index (κ3) is 5.31. The molecule has 0 aromatic carbocycles. The number of hydrogen-bond donors (Lipinski definition) is 1.